The number of methoxy groups -OCH3 is 4. The van der Waals surface area contributed by atoms with Gasteiger partial charge in [-0.05, 0) is 12.1 Å². The molecule has 0 bridgehead atoms. The van der Waals surface area contributed by atoms with E-state index in [9.17, 15) is 9.59 Å². The number of oxazole rings is 1. The van der Waals surface area contributed by atoms with E-state index in [4.69, 9.17) is 18.6 Å². The lowest BCUT2D eigenvalue weighted by molar-refractivity contribution is 0.0594. The number of hydrogen-bond acceptors (Lipinski definition) is 8. The molecule has 9 heteroatoms. The van der Waals surface area contributed by atoms with Crippen molar-refractivity contribution in [2.45, 2.75) is 6.54 Å². The number of nitrogens with zero attached hydrogens (tertiary/aromatic N) is 2. The van der Waals surface area contributed by atoms with Crippen LogP contribution in [0.2, 0.25) is 0 Å². The van der Waals surface area contributed by atoms with E-state index in [0.29, 0.717) is 30.2 Å². The van der Waals surface area contributed by atoms with E-state index in [-0.39, 0.29) is 24.0 Å². The molecule has 0 fully saturated rings. The summed E-state index contributed by atoms with van der Waals surface area (Å²) in [6, 6.07) is 4.90. The molecule has 1 heterocycles. The Bertz CT molecular complexity index is 766. The minimum atomic E-state index is -0.614. The van der Waals surface area contributed by atoms with Crippen molar-refractivity contribution in [3.8, 4) is 11.5 Å². The third-order valence-electron chi connectivity index (χ3n) is 3.72. The first kappa shape index (κ1) is 20.2. The molecule has 146 valence electrons. The van der Waals surface area contributed by atoms with Crippen LogP contribution in [0.5, 0.6) is 11.5 Å². The van der Waals surface area contributed by atoms with Crippen LogP contribution in [0.1, 0.15) is 26.7 Å². The van der Waals surface area contributed by atoms with Gasteiger partial charge in [-0.25, -0.2) is 9.78 Å². The molecule has 0 N–H and O–H groups in total. The summed E-state index contributed by atoms with van der Waals surface area (Å²) in [7, 11) is 5.80. The van der Waals surface area contributed by atoms with Crippen LogP contribution in [0.15, 0.2) is 28.9 Å². The van der Waals surface area contributed by atoms with Gasteiger partial charge in [-0.15, -0.1) is 0 Å². The van der Waals surface area contributed by atoms with Gasteiger partial charge in [0.25, 0.3) is 5.91 Å². The van der Waals surface area contributed by atoms with Crippen molar-refractivity contribution in [2.75, 3.05) is 41.6 Å². The summed E-state index contributed by atoms with van der Waals surface area (Å²) in [6.07, 6.45) is 1.19. The van der Waals surface area contributed by atoms with Gasteiger partial charge in [-0.2, -0.15) is 0 Å². The minimum Gasteiger partial charge on any atom is -0.497 e. The Balaban J connectivity index is 2.25. The topological polar surface area (TPSA) is 100 Å². The van der Waals surface area contributed by atoms with Crippen molar-refractivity contribution in [1.29, 1.82) is 0 Å². The normalized spacial score (nSPS) is 10.4. The Kier molecular flexibility index (Phi) is 7.18. The molecule has 2 aromatic rings. The highest BCUT2D eigenvalue weighted by atomic mass is 16.5. The highest BCUT2D eigenvalue weighted by Gasteiger charge is 2.21. The fraction of sp³-hybridized carbons (Fsp3) is 0.389. The highest BCUT2D eigenvalue weighted by Crippen LogP contribution is 2.24. The molecule has 0 aliphatic rings. The number of carbonyl (C=O) groups is 2. The number of carbonyl (C=O) groups excluding carboxylic acids is 2. The summed E-state index contributed by atoms with van der Waals surface area (Å²) in [6.45, 7) is 0.668. The molecule has 0 spiro atoms. The van der Waals surface area contributed by atoms with Crippen molar-refractivity contribution in [3.05, 3.63) is 41.6 Å². The van der Waals surface area contributed by atoms with Crippen molar-refractivity contribution in [2.24, 2.45) is 0 Å². The maximum absolute atomic E-state index is 13.0. The van der Waals surface area contributed by atoms with Gasteiger partial charge in [0.15, 0.2) is 5.69 Å². The molecule has 0 unspecified atom stereocenters. The Labute approximate surface area is 156 Å². The molecular formula is C18H22N2O7. The third-order valence-corrected chi connectivity index (χ3v) is 3.72. The monoisotopic (exact) mass is 378 g/mol. The van der Waals surface area contributed by atoms with E-state index in [1.807, 2.05) is 0 Å². The van der Waals surface area contributed by atoms with Gasteiger partial charge in [0, 0.05) is 25.3 Å². The summed E-state index contributed by atoms with van der Waals surface area (Å²) >= 11 is 0. The number of benzene rings is 1. The molecule has 0 saturated carbocycles. The molecule has 1 aromatic heterocycles. The Morgan fingerprint density at radius 2 is 1.74 bits per heavy atom. The lowest BCUT2D eigenvalue weighted by atomic mass is 10.1. The van der Waals surface area contributed by atoms with E-state index in [2.05, 4.69) is 9.72 Å². The molecule has 0 saturated heterocycles. The number of rotatable bonds is 9. The average Bonchev–Trinajstić information content (AvgIpc) is 3.17. The van der Waals surface area contributed by atoms with Gasteiger partial charge in [-0.1, -0.05) is 0 Å². The number of hydrogen-bond donors (Lipinski definition) is 0. The lowest BCUT2D eigenvalue weighted by Crippen LogP contribution is -2.33. The van der Waals surface area contributed by atoms with Crippen LogP contribution in [-0.2, 0) is 16.0 Å². The molecule has 0 aliphatic heterocycles. The van der Waals surface area contributed by atoms with Crippen molar-refractivity contribution < 1.29 is 33.0 Å². The molecule has 27 heavy (non-hydrogen) atoms. The van der Waals surface area contributed by atoms with Crippen LogP contribution in [0.3, 0.4) is 0 Å². The smallest absolute Gasteiger partial charge is 0.360 e. The second-order valence-corrected chi connectivity index (χ2v) is 5.44. The fourth-order valence-corrected chi connectivity index (χ4v) is 2.31. The molecule has 0 aliphatic carbocycles. The summed E-state index contributed by atoms with van der Waals surface area (Å²) in [5.74, 6) is 0.288. The zero-order valence-corrected chi connectivity index (χ0v) is 15.7. The van der Waals surface area contributed by atoms with Crippen LogP contribution in [-0.4, -0.2) is 63.4 Å². The van der Waals surface area contributed by atoms with Crippen LogP contribution in [0.25, 0.3) is 0 Å². The first-order chi connectivity index (χ1) is 13.0. The summed E-state index contributed by atoms with van der Waals surface area (Å²) < 4.78 is 25.4. The Morgan fingerprint density at radius 1 is 1.07 bits per heavy atom. The SMILES string of the molecule is COCCN(Cc1nc(C(=O)OC)co1)C(=O)c1cc(OC)cc(OC)c1. The molecule has 1 aromatic carbocycles. The third kappa shape index (κ3) is 5.20. The molecule has 0 radical (unpaired) electrons. The van der Waals surface area contributed by atoms with Crippen LogP contribution >= 0.6 is 0 Å². The zero-order chi connectivity index (χ0) is 19.8. The van der Waals surface area contributed by atoms with Crippen molar-refractivity contribution in [1.82, 2.24) is 9.88 Å². The highest BCUT2D eigenvalue weighted by molar-refractivity contribution is 5.95. The molecular weight excluding hydrogens is 356 g/mol. The summed E-state index contributed by atoms with van der Waals surface area (Å²) in [5, 5.41) is 0. The first-order valence-electron chi connectivity index (χ1n) is 8.06. The van der Waals surface area contributed by atoms with Crippen LogP contribution in [0.4, 0.5) is 0 Å². The first-order valence-corrected chi connectivity index (χ1v) is 8.06. The summed E-state index contributed by atoms with van der Waals surface area (Å²) in [5.41, 5.74) is 0.414. The average molecular weight is 378 g/mol. The second kappa shape index (κ2) is 9.58. The van der Waals surface area contributed by atoms with Gasteiger partial charge in [-0.3, -0.25) is 4.79 Å². The predicted molar refractivity (Wildman–Crippen MR) is 94.0 cm³/mol. The minimum absolute atomic E-state index is 0.0368. The standard InChI is InChI=1S/C18H22N2O7/c1-23-6-5-20(10-16-19-15(11-27-16)18(22)26-4)17(21)12-7-13(24-2)9-14(8-12)25-3/h7-9,11H,5-6,10H2,1-4H3. The Morgan fingerprint density at radius 3 is 2.30 bits per heavy atom. The maximum atomic E-state index is 13.0. The molecule has 2 rings (SSSR count). The molecule has 0 atom stereocenters. The number of ether oxygens (including phenoxy) is 4. The number of aromatic nitrogens is 1. The fourth-order valence-electron chi connectivity index (χ4n) is 2.31. The predicted octanol–water partition coefficient (Wildman–Crippen LogP) is 1.77. The largest absolute Gasteiger partial charge is 0.497 e. The number of amides is 1. The zero-order valence-electron chi connectivity index (χ0n) is 15.7. The lowest BCUT2D eigenvalue weighted by Gasteiger charge is -2.21. The molecule has 1 amide bonds. The maximum Gasteiger partial charge on any atom is 0.360 e. The molecule has 9 nitrogen and oxygen atoms in total. The van der Waals surface area contributed by atoms with Gasteiger partial charge in [0.1, 0.15) is 17.8 Å². The van der Waals surface area contributed by atoms with E-state index in [1.54, 1.807) is 18.2 Å². The second-order valence-electron chi connectivity index (χ2n) is 5.44. The van der Waals surface area contributed by atoms with Gasteiger partial charge >= 0.3 is 5.97 Å². The Hall–Kier alpha value is -3.07. The van der Waals surface area contributed by atoms with Gasteiger partial charge in [0.05, 0.1) is 34.5 Å². The van der Waals surface area contributed by atoms with Crippen molar-refractivity contribution >= 4 is 11.9 Å². The number of esters is 1. The van der Waals surface area contributed by atoms with Crippen LogP contribution < -0.4 is 9.47 Å². The van der Waals surface area contributed by atoms with Gasteiger partial charge in [0.2, 0.25) is 5.89 Å². The van der Waals surface area contributed by atoms with E-state index < -0.39 is 5.97 Å². The van der Waals surface area contributed by atoms with Gasteiger partial charge < -0.3 is 28.3 Å². The van der Waals surface area contributed by atoms with Crippen LogP contribution in [0, 0.1) is 0 Å². The van der Waals surface area contributed by atoms with E-state index in [0.717, 1.165) is 0 Å². The van der Waals surface area contributed by atoms with Crippen molar-refractivity contribution in [3.63, 3.8) is 0 Å². The van der Waals surface area contributed by atoms with E-state index >= 15 is 0 Å². The summed E-state index contributed by atoms with van der Waals surface area (Å²) in [4.78, 5) is 30.0. The quantitative estimate of drug-likeness (QED) is 0.609. The van der Waals surface area contributed by atoms with E-state index in [1.165, 1.54) is 39.6 Å².